The minimum atomic E-state index is -4.72. The largest absolute Gasteiger partial charge is 0.416 e. The van der Waals surface area contributed by atoms with Crippen molar-refractivity contribution < 1.29 is 34.8 Å². The number of carbonyl (C=O) groups excluding carboxylic acids is 1. The summed E-state index contributed by atoms with van der Waals surface area (Å²) < 4.78 is 87.6. The summed E-state index contributed by atoms with van der Waals surface area (Å²) in [4.78, 5) is 11.6. The number of amides is 1. The van der Waals surface area contributed by atoms with Crippen molar-refractivity contribution in [3.05, 3.63) is 42.5 Å². The van der Waals surface area contributed by atoms with E-state index in [1.54, 1.807) is 0 Å². The highest BCUT2D eigenvalue weighted by atomic mass is 32.2. The molecule has 2 rings (SSSR count). The molecule has 0 radical (unpaired) electrons. The van der Waals surface area contributed by atoms with Gasteiger partial charge in [0.05, 0.1) is 28.5 Å². The van der Waals surface area contributed by atoms with Gasteiger partial charge in [-0.25, -0.2) is 16.8 Å². The molecule has 1 aliphatic rings. The monoisotopic (exact) mass is 440 g/mol. The Morgan fingerprint density at radius 3 is 2.57 bits per heavy atom. The summed E-state index contributed by atoms with van der Waals surface area (Å²) in [6.45, 7) is 2.41. The molecule has 1 amide bonds. The van der Waals surface area contributed by atoms with Crippen LogP contribution >= 0.6 is 0 Å². The van der Waals surface area contributed by atoms with E-state index in [-0.39, 0.29) is 24.5 Å². The molecule has 1 heterocycles. The topological polar surface area (TPSA) is 101 Å². The Kier molecular flexibility index (Phi) is 6.56. The molecular weight excluding hydrogens is 421 g/mol. The van der Waals surface area contributed by atoms with Crippen LogP contribution in [0.1, 0.15) is 12.0 Å². The van der Waals surface area contributed by atoms with Crippen LogP contribution in [0.15, 0.2) is 41.8 Å². The zero-order valence-electron chi connectivity index (χ0n) is 14.6. The highest BCUT2D eigenvalue weighted by Gasteiger charge is 2.34. The second-order valence-corrected chi connectivity index (χ2v) is 10.4. The van der Waals surface area contributed by atoms with Crippen LogP contribution in [-0.2, 0) is 30.8 Å². The lowest BCUT2D eigenvalue weighted by molar-refractivity contribution is -0.137. The van der Waals surface area contributed by atoms with Gasteiger partial charge in [-0.2, -0.15) is 17.5 Å². The summed E-state index contributed by atoms with van der Waals surface area (Å²) in [5.74, 6) is -1.06. The Labute approximate surface area is 161 Å². The van der Waals surface area contributed by atoms with Crippen LogP contribution < -0.4 is 5.32 Å². The number of hydrogen-bond acceptors (Lipinski definition) is 5. The predicted molar refractivity (Wildman–Crippen MR) is 95.6 cm³/mol. The van der Waals surface area contributed by atoms with Gasteiger partial charge < -0.3 is 5.32 Å². The van der Waals surface area contributed by atoms with E-state index >= 15 is 0 Å². The Balaban J connectivity index is 2.20. The van der Waals surface area contributed by atoms with Crippen LogP contribution in [0.4, 0.5) is 13.2 Å². The van der Waals surface area contributed by atoms with Crippen LogP contribution in [0.5, 0.6) is 0 Å². The summed E-state index contributed by atoms with van der Waals surface area (Å²) in [6.07, 6.45) is -3.31. The normalized spacial score (nSPS) is 19.5. The number of benzene rings is 1. The number of alkyl halides is 3. The minimum Gasteiger partial charge on any atom is -0.351 e. The number of carbonyl (C=O) groups is 1. The molecule has 1 N–H and O–H groups in total. The highest BCUT2D eigenvalue weighted by molar-refractivity contribution is 7.91. The standard InChI is InChI=1S/C16H19F3N2O5S2/c1-2-7-21(10-15(22)20-13-6-8-27(23,24)11-13)28(25,26)14-5-3-4-12(9-14)16(17,18)19/h2-5,9,13H,1,6-8,10-11H2,(H,20,22). The van der Waals surface area contributed by atoms with Gasteiger partial charge in [0.2, 0.25) is 15.9 Å². The maximum atomic E-state index is 12.9. The molecule has 1 aromatic rings. The molecule has 1 unspecified atom stereocenters. The van der Waals surface area contributed by atoms with Crippen LogP contribution in [-0.4, -0.2) is 57.7 Å². The molecule has 0 aromatic heterocycles. The Hall–Kier alpha value is -1.92. The first kappa shape index (κ1) is 22.4. The van der Waals surface area contributed by atoms with E-state index in [0.29, 0.717) is 10.4 Å². The van der Waals surface area contributed by atoms with E-state index < -0.39 is 55.0 Å². The molecule has 0 saturated carbocycles. The average Bonchev–Trinajstić information content (AvgIpc) is 2.92. The first-order valence-corrected chi connectivity index (χ1v) is 11.4. The molecule has 1 fully saturated rings. The van der Waals surface area contributed by atoms with E-state index in [1.807, 2.05) is 0 Å². The van der Waals surface area contributed by atoms with Gasteiger partial charge in [-0.3, -0.25) is 4.79 Å². The van der Waals surface area contributed by atoms with E-state index in [1.165, 1.54) is 6.08 Å². The molecular formula is C16H19F3N2O5S2. The fourth-order valence-electron chi connectivity index (χ4n) is 2.72. The quantitative estimate of drug-likeness (QED) is 0.642. The third-order valence-electron chi connectivity index (χ3n) is 4.05. The van der Waals surface area contributed by atoms with E-state index in [4.69, 9.17) is 0 Å². The molecule has 12 heteroatoms. The van der Waals surface area contributed by atoms with E-state index in [0.717, 1.165) is 18.2 Å². The van der Waals surface area contributed by atoms with Crippen LogP contribution in [0.3, 0.4) is 0 Å². The Bertz CT molecular complexity index is 959. The summed E-state index contributed by atoms with van der Waals surface area (Å²) in [7, 11) is -7.65. The number of nitrogens with zero attached hydrogens (tertiary/aromatic N) is 1. The fraction of sp³-hybridized carbons (Fsp3) is 0.438. The number of rotatable bonds is 7. The number of nitrogens with one attached hydrogen (secondary N) is 1. The van der Waals surface area contributed by atoms with Crippen molar-refractivity contribution >= 4 is 25.8 Å². The molecule has 0 bridgehead atoms. The van der Waals surface area contributed by atoms with Gasteiger partial charge in [0.15, 0.2) is 9.84 Å². The van der Waals surface area contributed by atoms with Gasteiger partial charge in [-0.1, -0.05) is 12.1 Å². The first-order chi connectivity index (χ1) is 12.8. The molecule has 1 aromatic carbocycles. The van der Waals surface area contributed by atoms with Gasteiger partial charge in [-0.05, 0) is 24.6 Å². The minimum absolute atomic E-state index is 0.0726. The maximum absolute atomic E-state index is 12.9. The van der Waals surface area contributed by atoms with Crippen LogP contribution in [0.25, 0.3) is 0 Å². The lowest BCUT2D eigenvalue weighted by atomic mass is 10.2. The molecule has 28 heavy (non-hydrogen) atoms. The predicted octanol–water partition coefficient (Wildman–Crippen LogP) is 1.19. The molecule has 1 atom stereocenters. The van der Waals surface area contributed by atoms with Gasteiger partial charge >= 0.3 is 6.18 Å². The van der Waals surface area contributed by atoms with Crippen LogP contribution in [0, 0.1) is 0 Å². The van der Waals surface area contributed by atoms with Gasteiger partial charge in [0.1, 0.15) is 0 Å². The fourth-order valence-corrected chi connectivity index (χ4v) is 5.80. The van der Waals surface area contributed by atoms with Crippen molar-refractivity contribution in [3.63, 3.8) is 0 Å². The van der Waals surface area contributed by atoms with Gasteiger partial charge in [0.25, 0.3) is 0 Å². The van der Waals surface area contributed by atoms with Crippen molar-refractivity contribution in [1.29, 1.82) is 0 Å². The number of hydrogen-bond donors (Lipinski definition) is 1. The van der Waals surface area contributed by atoms with Gasteiger partial charge in [-0.15, -0.1) is 6.58 Å². The second kappa shape index (κ2) is 8.21. The molecule has 156 valence electrons. The van der Waals surface area contributed by atoms with Crippen molar-refractivity contribution in [3.8, 4) is 0 Å². The first-order valence-electron chi connectivity index (χ1n) is 8.13. The maximum Gasteiger partial charge on any atom is 0.416 e. The highest BCUT2D eigenvalue weighted by Crippen LogP contribution is 2.31. The SMILES string of the molecule is C=CCN(CC(=O)NC1CCS(=O)(=O)C1)S(=O)(=O)c1cccc(C(F)(F)F)c1. The third kappa shape index (κ3) is 5.55. The Morgan fingerprint density at radius 2 is 2.04 bits per heavy atom. The summed E-state index contributed by atoms with van der Waals surface area (Å²) in [6, 6.07) is 2.57. The van der Waals surface area contributed by atoms with E-state index in [2.05, 4.69) is 11.9 Å². The van der Waals surface area contributed by atoms with Crippen molar-refractivity contribution in [2.24, 2.45) is 0 Å². The van der Waals surface area contributed by atoms with Crippen LogP contribution in [0.2, 0.25) is 0 Å². The summed E-state index contributed by atoms with van der Waals surface area (Å²) in [5, 5.41) is 2.44. The van der Waals surface area contributed by atoms with Gasteiger partial charge in [0, 0.05) is 12.6 Å². The smallest absolute Gasteiger partial charge is 0.351 e. The average molecular weight is 440 g/mol. The molecule has 7 nitrogen and oxygen atoms in total. The molecule has 1 saturated heterocycles. The zero-order chi connectivity index (χ0) is 21.2. The van der Waals surface area contributed by atoms with Crippen molar-refractivity contribution in [2.45, 2.75) is 23.5 Å². The second-order valence-electron chi connectivity index (χ2n) is 6.28. The lowest BCUT2D eigenvalue weighted by Crippen LogP contribution is -2.44. The number of sulfone groups is 1. The number of sulfonamides is 1. The molecule has 1 aliphatic heterocycles. The Morgan fingerprint density at radius 1 is 1.36 bits per heavy atom. The molecule has 0 aliphatic carbocycles. The number of halogens is 3. The van der Waals surface area contributed by atoms with E-state index in [9.17, 15) is 34.8 Å². The van der Waals surface area contributed by atoms with Crippen molar-refractivity contribution in [2.75, 3.05) is 24.6 Å². The zero-order valence-corrected chi connectivity index (χ0v) is 16.3. The lowest BCUT2D eigenvalue weighted by Gasteiger charge is -2.22. The third-order valence-corrected chi connectivity index (χ3v) is 7.62. The summed E-state index contributed by atoms with van der Waals surface area (Å²) >= 11 is 0. The van der Waals surface area contributed by atoms with Crippen molar-refractivity contribution in [1.82, 2.24) is 9.62 Å². The summed E-state index contributed by atoms with van der Waals surface area (Å²) in [5.41, 5.74) is -1.13. The molecule has 0 spiro atoms.